The molecule has 0 atom stereocenters. The third-order valence-electron chi connectivity index (χ3n) is 4.40. The van der Waals surface area contributed by atoms with E-state index in [-0.39, 0.29) is 11.9 Å². The van der Waals surface area contributed by atoms with E-state index < -0.39 is 0 Å². The summed E-state index contributed by atoms with van der Waals surface area (Å²) in [5.74, 6) is -0.354. The van der Waals surface area contributed by atoms with Gasteiger partial charge in [0.25, 0.3) is 5.91 Å². The molecule has 0 saturated carbocycles. The normalized spacial score (nSPS) is 13.7. The van der Waals surface area contributed by atoms with E-state index in [4.69, 9.17) is 4.74 Å². The van der Waals surface area contributed by atoms with Crippen molar-refractivity contribution in [2.45, 2.75) is 6.54 Å². The van der Waals surface area contributed by atoms with Crippen molar-refractivity contribution in [3.63, 3.8) is 0 Å². The minimum atomic E-state index is -0.378. The van der Waals surface area contributed by atoms with Gasteiger partial charge in [0.05, 0.1) is 13.2 Å². The van der Waals surface area contributed by atoms with Gasteiger partial charge in [-0.15, -0.1) is 0 Å². The van der Waals surface area contributed by atoms with Crippen LogP contribution < -0.4 is 15.8 Å². The molecule has 0 spiro atoms. The molecule has 2 N–H and O–H groups in total. The van der Waals surface area contributed by atoms with Crippen molar-refractivity contribution in [2.75, 3.05) is 38.3 Å². The molecule has 3 rings (SSSR count). The topological polar surface area (TPSA) is 73.9 Å². The number of benzene rings is 2. The fraction of sp³-hybridized carbons (Fsp3) is 0.300. The van der Waals surface area contributed by atoms with Crippen molar-refractivity contribution in [2.24, 2.45) is 0 Å². The number of anilines is 1. The quantitative estimate of drug-likeness (QED) is 0.810. The summed E-state index contributed by atoms with van der Waals surface area (Å²) in [5.41, 5.74) is 7.50. The van der Waals surface area contributed by atoms with E-state index in [1.54, 1.807) is 31.3 Å². The van der Waals surface area contributed by atoms with Crippen LogP contribution in [0, 0.1) is 0 Å². The van der Waals surface area contributed by atoms with Crippen LogP contribution in [-0.2, 0) is 11.3 Å². The summed E-state index contributed by atoms with van der Waals surface area (Å²) < 4.78 is 5.37. The Morgan fingerprint density at radius 1 is 1.00 bits per heavy atom. The van der Waals surface area contributed by atoms with Crippen molar-refractivity contribution in [1.29, 1.82) is 0 Å². The standard InChI is InChI=1S/C20H24N4O3/c1-23(20(26)22-21-19(25)17-5-3-2-4-6-17)15-16-7-9-18(10-8-16)24-11-13-27-14-12-24/h2-10H,11-15H2,1H3,(H,21,25)(H,22,26). The molecule has 1 saturated heterocycles. The number of hydrogen-bond donors (Lipinski definition) is 2. The second-order valence-electron chi connectivity index (χ2n) is 6.37. The number of carbonyl (C=O) groups is 2. The molecule has 1 heterocycles. The number of urea groups is 1. The number of nitrogens with one attached hydrogen (secondary N) is 2. The Hall–Kier alpha value is -3.06. The maximum Gasteiger partial charge on any atom is 0.336 e. The smallest absolute Gasteiger partial charge is 0.336 e. The first-order chi connectivity index (χ1) is 13.1. The molecule has 1 aliphatic heterocycles. The second-order valence-corrected chi connectivity index (χ2v) is 6.37. The fourth-order valence-corrected chi connectivity index (χ4v) is 2.85. The summed E-state index contributed by atoms with van der Waals surface area (Å²) in [6, 6.07) is 16.5. The number of carbonyl (C=O) groups excluding carboxylic acids is 2. The molecule has 7 nitrogen and oxygen atoms in total. The molecule has 0 radical (unpaired) electrons. The number of rotatable bonds is 4. The molecule has 7 heteroatoms. The van der Waals surface area contributed by atoms with Crippen LogP contribution in [0.15, 0.2) is 54.6 Å². The third kappa shape index (κ3) is 5.21. The highest BCUT2D eigenvalue weighted by Gasteiger charge is 2.13. The van der Waals surface area contributed by atoms with E-state index in [9.17, 15) is 9.59 Å². The number of ether oxygens (including phenoxy) is 1. The zero-order valence-electron chi connectivity index (χ0n) is 15.4. The highest BCUT2D eigenvalue weighted by Crippen LogP contribution is 2.17. The Kier molecular flexibility index (Phi) is 6.27. The molecule has 1 fully saturated rings. The lowest BCUT2D eigenvalue weighted by molar-refractivity contribution is 0.0931. The van der Waals surface area contributed by atoms with Crippen LogP contribution >= 0.6 is 0 Å². The lowest BCUT2D eigenvalue weighted by Crippen LogP contribution is -2.47. The van der Waals surface area contributed by atoms with Crippen molar-refractivity contribution >= 4 is 17.6 Å². The van der Waals surface area contributed by atoms with Crippen molar-refractivity contribution in [1.82, 2.24) is 15.8 Å². The molecule has 27 heavy (non-hydrogen) atoms. The van der Waals surface area contributed by atoms with Gasteiger partial charge in [-0.25, -0.2) is 10.2 Å². The number of hydrazine groups is 1. The molecule has 142 valence electrons. The number of hydrogen-bond acceptors (Lipinski definition) is 4. The van der Waals surface area contributed by atoms with E-state index in [0.717, 1.165) is 37.6 Å². The van der Waals surface area contributed by atoms with Crippen LogP contribution in [0.25, 0.3) is 0 Å². The monoisotopic (exact) mass is 368 g/mol. The maximum absolute atomic E-state index is 12.2. The van der Waals surface area contributed by atoms with Gasteiger partial charge in [0, 0.05) is 37.9 Å². The summed E-state index contributed by atoms with van der Waals surface area (Å²) in [7, 11) is 1.68. The Morgan fingerprint density at radius 3 is 2.33 bits per heavy atom. The predicted molar refractivity (Wildman–Crippen MR) is 103 cm³/mol. The van der Waals surface area contributed by atoms with Gasteiger partial charge in [-0.05, 0) is 29.8 Å². The average Bonchev–Trinajstić information content (AvgIpc) is 2.73. The van der Waals surface area contributed by atoms with Gasteiger partial charge in [-0.3, -0.25) is 10.2 Å². The van der Waals surface area contributed by atoms with Crippen LogP contribution in [0.4, 0.5) is 10.5 Å². The minimum absolute atomic E-state index is 0.354. The molecular formula is C20H24N4O3. The lowest BCUT2D eigenvalue weighted by Gasteiger charge is -2.29. The van der Waals surface area contributed by atoms with Crippen LogP contribution in [0.1, 0.15) is 15.9 Å². The van der Waals surface area contributed by atoms with E-state index in [1.807, 2.05) is 18.2 Å². The van der Waals surface area contributed by atoms with Gasteiger partial charge in [0.2, 0.25) is 0 Å². The van der Waals surface area contributed by atoms with Crippen molar-refractivity contribution in [3.05, 3.63) is 65.7 Å². The molecule has 0 aromatic heterocycles. The Bertz CT molecular complexity index is 759. The molecule has 2 aromatic rings. The second kappa shape index (κ2) is 9.05. The van der Waals surface area contributed by atoms with Gasteiger partial charge < -0.3 is 14.5 Å². The summed E-state index contributed by atoms with van der Waals surface area (Å²) in [6.45, 7) is 3.72. The van der Waals surface area contributed by atoms with Gasteiger partial charge in [-0.1, -0.05) is 30.3 Å². The van der Waals surface area contributed by atoms with Crippen LogP contribution in [0.3, 0.4) is 0 Å². The van der Waals surface area contributed by atoms with Gasteiger partial charge in [0.15, 0.2) is 0 Å². The average molecular weight is 368 g/mol. The molecule has 0 aliphatic carbocycles. The first kappa shape index (κ1) is 18.7. The summed E-state index contributed by atoms with van der Waals surface area (Å²) in [6.07, 6.45) is 0. The highest BCUT2D eigenvalue weighted by molar-refractivity contribution is 5.95. The van der Waals surface area contributed by atoms with Gasteiger partial charge >= 0.3 is 6.03 Å². The summed E-state index contributed by atoms with van der Waals surface area (Å²) >= 11 is 0. The first-order valence-electron chi connectivity index (χ1n) is 8.91. The number of morpholine rings is 1. The third-order valence-corrected chi connectivity index (χ3v) is 4.40. The summed E-state index contributed by atoms with van der Waals surface area (Å²) in [5, 5.41) is 0. The lowest BCUT2D eigenvalue weighted by atomic mass is 10.2. The molecule has 0 unspecified atom stereocenters. The Balaban J connectivity index is 1.48. The van der Waals surface area contributed by atoms with Gasteiger partial charge in [-0.2, -0.15) is 0 Å². The van der Waals surface area contributed by atoms with E-state index >= 15 is 0 Å². The summed E-state index contributed by atoms with van der Waals surface area (Å²) in [4.78, 5) is 27.9. The zero-order chi connectivity index (χ0) is 19.1. The molecule has 1 aliphatic rings. The van der Waals surface area contributed by atoms with Crippen LogP contribution in [0.2, 0.25) is 0 Å². The van der Waals surface area contributed by atoms with E-state index in [2.05, 4.69) is 27.9 Å². The largest absolute Gasteiger partial charge is 0.378 e. The minimum Gasteiger partial charge on any atom is -0.378 e. The first-order valence-corrected chi connectivity index (χ1v) is 8.91. The Morgan fingerprint density at radius 2 is 1.67 bits per heavy atom. The Labute approximate surface area is 158 Å². The molecule has 3 amide bonds. The highest BCUT2D eigenvalue weighted by atomic mass is 16.5. The van der Waals surface area contributed by atoms with Gasteiger partial charge in [0.1, 0.15) is 0 Å². The number of amides is 3. The predicted octanol–water partition coefficient (Wildman–Crippen LogP) is 2.01. The molecule has 2 aromatic carbocycles. The van der Waals surface area contributed by atoms with Crippen LogP contribution in [-0.4, -0.2) is 50.2 Å². The SMILES string of the molecule is CN(Cc1ccc(N2CCOCC2)cc1)C(=O)NNC(=O)c1ccccc1. The zero-order valence-corrected chi connectivity index (χ0v) is 15.4. The van der Waals surface area contributed by atoms with Crippen molar-refractivity contribution in [3.8, 4) is 0 Å². The molecule has 0 bridgehead atoms. The molecular weight excluding hydrogens is 344 g/mol. The fourth-order valence-electron chi connectivity index (χ4n) is 2.85. The maximum atomic E-state index is 12.2. The van der Waals surface area contributed by atoms with Crippen LogP contribution in [0.5, 0.6) is 0 Å². The van der Waals surface area contributed by atoms with E-state index in [0.29, 0.717) is 12.1 Å². The van der Waals surface area contributed by atoms with E-state index in [1.165, 1.54) is 4.90 Å². The van der Waals surface area contributed by atoms with Crippen molar-refractivity contribution < 1.29 is 14.3 Å². The number of nitrogens with zero attached hydrogens (tertiary/aromatic N) is 2.